The molecule has 0 spiro atoms. The van der Waals surface area contributed by atoms with E-state index in [2.05, 4.69) is 5.32 Å². The highest BCUT2D eigenvalue weighted by atomic mass is 32.2. The van der Waals surface area contributed by atoms with E-state index >= 15 is 0 Å². The maximum Gasteiger partial charge on any atom is 0.321 e. The van der Waals surface area contributed by atoms with Crippen LogP contribution in [0, 0.1) is 5.41 Å². The van der Waals surface area contributed by atoms with Crippen molar-refractivity contribution in [1.82, 2.24) is 14.1 Å². The molecule has 148 valence electrons. The van der Waals surface area contributed by atoms with Crippen LogP contribution in [0.15, 0.2) is 30.3 Å². The number of benzene rings is 1. The Kier molecular flexibility index (Phi) is 5.18. The van der Waals surface area contributed by atoms with Gasteiger partial charge in [-0.1, -0.05) is 18.2 Å². The molecule has 27 heavy (non-hydrogen) atoms. The number of rotatable bonds is 2. The van der Waals surface area contributed by atoms with Crippen molar-refractivity contribution in [3.05, 3.63) is 30.3 Å². The number of carbonyl (C=O) groups is 2. The largest absolute Gasteiger partial charge is 0.348 e. The van der Waals surface area contributed by atoms with Crippen LogP contribution in [0.25, 0.3) is 0 Å². The Hall–Kier alpha value is -2.13. The summed E-state index contributed by atoms with van der Waals surface area (Å²) >= 11 is 0. The Labute approximate surface area is 160 Å². The van der Waals surface area contributed by atoms with Crippen LogP contribution in [0.5, 0.6) is 0 Å². The molecule has 0 bridgehead atoms. The minimum atomic E-state index is -3.37. The first kappa shape index (κ1) is 19.6. The fraction of sp³-hybridized carbons (Fsp3) is 0.556. The average molecular weight is 394 g/mol. The van der Waals surface area contributed by atoms with E-state index in [1.807, 2.05) is 18.2 Å². The van der Waals surface area contributed by atoms with Crippen molar-refractivity contribution in [2.24, 2.45) is 5.41 Å². The Morgan fingerprint density at radius 1 is 1.22 bits per heavy atom. The fourth-order valence-corrected chi connectivity index (χ4v) is 5.77. The van der Waals surface area contributed by atoms with Gasteiger partial charge in [-0.15, -0.1) is 0 Å². The molecule has 2 atom stereocenters. The molecule has 0 unspecified atom stereocenters. The van der Waals surface area contributed by atoms with Crippen LogP contribution in [0.3, 0.4) is 0 Å². The van der Waals surface area contributed by atoms with E-state index in [1.54, 1.807) is 31.1 Å². The Bertz CT molecular complexity index is 827. The summed E-state index contributed by atoms with van der Waals surface area (Å²) in [7, 11) is 1.50. The summed E-state index contributed by atoms with van der Waals surface area (Å²) in [6, 6.07) is 8.41. The van der Waals surface area contributed by atoms with E-state index in [9.17, 15) is 18.0 Å². The van der Waals surface area contributed by atoms with Crippen molar-refractivity contribution in [2.75, 3.05) is 45.3 Å². The molecule has 3 amide bonds. The Morgan fingerprint density at radius 3 is 2.52 bits per heavy atom. The molecule has 2 aliphatic rings. The number of carbonyl (C=O) groups excluding carboxylic acids is 2. The lowest BCUT2D eigenvalue weighted by atomic mass is 9.72. The number of anilines is 1. The number of nitrogens with one attached hydrogen (secondary N) is 1. The van der Waals surface area contributed by atoms with E-state index in [0.29, 0.717) is 18.7 Å². The second kappa shape index (κ2) is 7.12. The normalized spacial score (nSPS) is 27.5. The summed E-state index contributed by atoms with van der Waals surface area (Å²) in [6.07, 6.45) is 0.647. The molecule has 2 aliphatic heterocycles. The lowest BCUT2D eigenvalue weighted by Crippen LogP contribution is -2.67. The van der Waals surface area contributed by atoms with Gasteiger partial charge >= 0.3 is 6.03 Å². The predicted molar refractivity (Wildman–Crippen MR) is 103 cm³/mol. The van der Waals surface area contributed by atoms with E-state index in [0.717, 1.165) is 0 Å². The standard InChI is InChI=1S/C18H26N4O4S/c1-20(2)16(23)18-10-12-27(25,26)21(3)15(18)9-11-22(13-18)17(24)19-14-7-5-4-6-8-14/h4-8,15H,9-13H2,1-3H3,(H,19,24)/t15-,18+/m1/s1. The highest BCUT2D eigenvalue weighted by Crippen LogP contribution is 2.43. The third-order valence-electron chi connectivity index (χ3n) is 5.61. The van der Waals surface area contributed by atoms with Gasteiger partial charge in [-0.25, -0.2) is 17.5 Å². The number of urea groups is 1. The molecule has 0 saturated carbocycles. The van der Waals surface area contributed by atoms with Gasteiger partial charge in [0.25, 0.3) is 0 Å². The van der Waals surface area contributed by atoms with Crippen LogP contribution in [0.2, 0.25) is 0 Å². The molecule has 8 nitrogen and oxygen atoms in total. The zero-order chi connectivity index (χ0) is 19.8. The molecule has 2 heterocycles. The molecule has 0 radical (unpaired) electrons. The number of likely N-dealkylation sites (tertiary alicyclic amines) is 1. The van der Waals surface area contributed by atoms with Gasteiger partial charge in [0.1, 0.15) is 0 Å². The second-order valence-corrected chi connectivity index (χ2v) is 9.61. The van der Waals surface area contributed by atoms with Crippen LogP contribution < -0.4 is 5.32 Å². The summed E-state index contributed by atoms with van der Waals surface area (Å²) in [5.41, 5.74) is -0.239. The van der Waals surface area contributed by atoms with Crippen molar-refractivity contribution in [1.29, 1.82) is 0 Å². The van der Waals surface area contributed by atoms with Gasteiger partial charge in [0.15, 0.2) is 0 Å². The molecular weight excluding hydrogens is 368 g/mol. The van der Waals surface area contributed by atoms with Crippen molar-refractivity contribution in [2.45, 2.75) is 18.9 Å². The van der Waals surface area contributed by atoms with Gasteiger partial charge in [-0.2, -0.15) is 0 Å². The van der Waals surface area contributed by atoms with Gasteiger partial charge in [-0.3, -0.25) is 4.79 Å². The average Bonchev–Trinajstić information content (AvgIpc) is 2.65. The molecule has 2 fully saturated rings. The SMILES string of the molecule is CN(C)C(=O)[C@]12CCS(=O)(=O)N(C)[C@@H]1CCN(C(=O)Nc1ccccc1)C2. The lowest BCUT2D eigenvalue weighted by Gasteiger charge is -2.52. The number of hydrogen-bond acceptors (Lipinski definition) is 4. The van der Waals surface area contributed by atoms with Crippen LogP contribution in [0.4, 0.5) is 10.5 Å². The number of hydrogen-bond donors (Lipinski definition) is 1. The topological polar surface area (TPSA) is 90.0 Å². The first-order chi connectivity index (χ1) is 12.7. The second-order valence-electron chi connectivity index (χ2n) is 7.46. The van der Waals surface area contributed by atoms with Crippen molar-refractivity contribution in [3.8, 4) is 0 Å². The molecule has 0 aliphatic carbocycles. The van der Waals surface area contributed by atoms with E-state index < -0.39 is 21.5 Å². The maximum atomic E-state index is 13.1. The van der Waals surface area contributed by atoms with Crippen LogP contribution >= 0.6 is 0 Å². The first-order valence-electron chi connectivity index (χ1n) is 8.96. The maximum absolute atomic E-state index is 13.1. The molecule has 1 aromatic rings. The Morgan fingerprint density at radius 2 is 1.89 bits per heavy atom. The Balaban J connectivity index is 1.87. The zero-order valence-corrected chi connectivity index (χ0v) is 16.7. The molecule has 1 N–H and O–H groups in total. The number of para-hydroxylation sites is 1. The number of fused-ring (bicyclic) bond motifs is 1. The summed E-state index contributed by atoms with van der Waals surface area (Å²) in [5, 5.41) is 2.85. The van der Waals surface area contributed by atoms with Crippen LogP contribution in [0.1, 0.15) is 12.8 Å². The molecule has 0 aromatic heterocycles. The molecule has 2 saturated heterocycles. The van der Waals surface area contributed by atoms with Gasteiger partial charge in [0, 0.05) is 46.0 Å². The predicted octanol–water partition coefficient (Wildman–Crippen LogP) is 1.03. The molecular formula is C18H26N4O4S. The molecule has 3 rings (SSSR count). The smallest absolute Gasteiger partial charge is 0.321 e. The number of piperidine rings is 1. The van der Waals surface area contributed by atoms with E-state index in [4.69, 9.17) is 0 Å². The van der Waals surface area contributed by atoms with Crippen molar-refractivity contribution < 1.29 is 18.0 Å². The van der Waals surface area contributed by atoms with Crippen molar-refractivity contribution >= 4 is 27.6 Å². The van der Waals surface area contributed by atoms with Crippen molar-refractivity contribution in [3.63, 3.8) is 0 Å². The number of nitrogens with zero attached hydrogens (tertiary/aromatic N) is 3. The minimum absolute atomic E-state index is 0.0896. The monoisotopic (exact) mass is 394 g/mol. The highest BCUT2D eigenvalue weighted by Gasteiger charge is 2.57. The molecule has 9 heteroatoms. The summed E-state index contributed by atoms with van der Waals surface area (Å²) < 4.78 is 26.0. The third-order valence-corrected chi connectivity index (χ3v) is 7.46. The van der Waals surface area contributed by atoms with Gasteiger partial charge in [-0.05, 0) is 25.0 Å². The summed E-state index contributed by atoms with van der Waals surface area (Å²) in [5.74, 6) is -0.222. The van der Waals surface area contributed by atoms with Gasteiger partial charge in [0.2, 0.25) is 15.9 Å². The molecule has 1 aromatic carbocycles. The quantitative estimate of drug-likeness (QED) is 0.811. The van der Waals surface area contributed by atoms with Crippen LogP contribution in [-0.4, -0.2) is 80.5 Å². The number of sulfonamides is 1. The highest BCUT2D eigenvalue weighted by molar-refractivity contribution is 7.89. The lowest BCUT2D eigenvalue weighted by molar-refractivity contribution is -0.146. The minimum Gasteiger partial charge on any atom is -0.348 e. The van der Waals surface area contributed by atoms with E-state index in [-0.39, 0.29) is 30.7 Å². The van der Waals surface area contributed by atoms with Gasteiger partial charge in [0.05, 0.1) is 11.2 Å². The number of amides is 3. The van der Waals surface area contributed by atoms with Gasteiger partial charge < -0.3 is 15.1 Å². The summed E-state index contributed by atoms with van der Waals surface area (Å²) in [4.78, 5) is 28.9. The van der Waals surface area contributed by atoms with Crippen LogP contribution in [-0.2, 0) is 14.8 Å². The summed E-state index contributed by atoms with van der Waals surface area (Å²) in [6.45, 7) is 0.596. The van der Waals surface area contributed by atoms with E-state index in [1.165, 1.54) is 16.3 Å². The third kappa shape index (κ3) is 3.53. The fourth-order valence-electron chi connectivity index (χ4n) is 4.16. The zero-order valence-electron chi connectivity index (χ0n) is 15.9. The first-order valence-corrected chi connectivity index (χ1v) is 10.6.